The van der Waals surface area contributed by atoms with Gasteiger partial charge in [0.2, 0.25) is 0 Å². The van der Waals surface area contributed by atoms with Crippen molar-refractivity contribution in [2.75, 3.05) is 20.2 Å². The summed E-state index contributed by atoms with van der Waals surface area (Å²) in [5.41, 5.74) is 3.30. The zero-order valence-corrected chi connectivity index (χ0v) is 16.8. The van der Waals surface area contributed by atoms with Gasteiger partial charge in [-0.15, -0.1) is 0 Å². The quantitative estimate of drug-likeness (QED) is 0.631. The molecular weight excluding hydrogens is 358 g/mol. The Bertz CT molecular complexity index is 983. The second-order valence-corrected chi connectivity index (χ2v) is 7.53. The SMILES string of the molecule is COc1ccc(-n2c(=S)n(CN3C[C@H](C)O[C@@H](C)C3)c3ccccc32)cc1. The minimum atomic E-state index is 0.234. The van der Waals surface area contributed by atoms with Crippen LogP contribution in [-0.2, 0) is 11.4 Å². The van der Waals surface area contributed by atoms with Crippen molar-refractivity contribution in [3.63, 3.8) is 0 Å². The van der Waals surface area contributed by atoms with Gasteiger partial charge >= 0.3 is 0 Å². The molecule has 0 amide bonds. The van der Waals surface area contributed by atoms with Crippen molar-refractivity contribution in [2.24, 2.45) is 0 Å². The predicted octanol–water partition coefficient (Wildman–Crippen LogP) is 4.24. The maximum absolute atomic E-state index is 5.90. The maximum Gasteiger partial charge on any atom is 0.186 e. The van der Waals surface area contributed by atoms with Crippen LogP contribution in [0.3, 0.4) is 0 Å². The van der Waals surface area contributed by atoms with Gasteiger partial charge < -0.3 is 14.0 Å². The minimum absolute atomic E-state index is 0.234. The highest BCUT2D eigenvalue weighted by atomic mass is 32.1. The van der Waals surface area contributed by atoms with E-state index in [1.165, 1.54) is 0 Å². The Balaban J connectivity index is 1.77. The third-order valence-corrected chi connectivity index (χ3v) is 5.41. The number of fused-ring (bicyclic) bond motifs is 1. The average Bonchev–Trinajstić information content (AvgIpc) is 2.93. The van der Waals surface area contributed by atoms with Gasteiger partial charge in [-0.05, 0) is 62.5 Å². The molecule has 0 unspecified atom stereocenters. The van der Waals surface area contributed by atoms with Crippen molar-refractivity contribution >= 4 is 23.3 Å². The molecule has 2 atom stereocenters. The van der Waals surface area contributed by atoms with Gasteiger partial charge in [0, 0.05) is 18.8 Å². The maximum atomic E-state index is 5.90. The minimum Gasteiger partial charge on any atom is -0.497 e. The number of ether oxygens (including phenoxy) is 2. The highest BCUT2D eigenvalue weighted by molar-refractivity contribution is 7.71. The number of imidazole rings is 1. The number of methoxy groups -OCH3 is 1. The van der Waals surface area contributed by atoms with Gasteiger partial charge in [0.1, 0.15) is 5.75 Å². The number of hydrogen-bond donors (Lipinski definition) is 0. The van der Waals surface area contributed by atoms with Crippen molar-refractivity contribution in [1.29, 1.82) is 0 Å². The Morgan fingerprint density at radius 3 is 2.26 bits per heavy atom. The number of hydrogen-bond acceptors (Lipinski definition) is 4. The van der Waals surface area contributed by atoms with E-state index in [0.29, 0.717) is 0 Å². The second-order valence-electron chi connectivity index (χ2n) is 7.17. The van der Waals surface area contributed by atoms with Crippen LogP contribution < -0.4 is 4.74 Å². The lowest BCUT2D eigenvalue weighted by Crippen LogP contribution is -2.45. The molecular formula is C21H25N3O2S. The second kappa shape index (κ2) is 7.46. The van der Waals surface area contributed by atoms with E-state index in [4.69, 9.17) is 21.7 Å². The van der Waals surface area contributed by atoms with Crippen LogP contribution in [-0.4, -0.2) is 46.4 Å². The summed E-state index contributed by atoms with van der Waals surface area (Å²) in [6, 6.07) is 16.4. The van der Waals surface area contributed by atoms with Crippen LogP contribution in [0, 0.1) is 4.77 Å². The number of benzene rings is 2. The summed E-state index contributed by atoms with van der Waals surface area (Å²) in [5.74, 6) is 0.838. The van der Waals surface area contributed by atoms with E-state index in [2.05, 4.69) is 52.1 Å². The summed E-state index contributed by atoms with van der Waals surface area (Å²) in [6.07, 6.45) is 0.468. The van der Waals surface area contributed by atoms with Crippen LogP contribution in [0.5, 0.6) is 5.75 Å². The molecule has 1 fully saturated rings. The predicted molar refractivity (Wildman–Crippen MR) is 110 cm³/mol. The topological polar surface area (TPSA) is 31.6 Å². The van der Waals surface area contributed by atoms with Crippen LogP contribution in [0.25, 0.3) is 16.7 Å². The molecule has 1 saturated heterocycles. The first kappa shape index (κ1) is 18.2. The summed E-state index contributed by atoms with van der Waals surface area (Å²) in [5, 5.41) is 0. The van der Waals surface area contributed by atoms with Crippen molar-refractivity contribution in [1.82, 2.24) is 14.0 Å². The highest BCUT2D eigenvalue weighted by Gasteiger charge is 2.23. The highest BCUT2D eigenvalue weighted by Crippen LogP contribution is 2.25. The smallest absolute Gasteiger partial charge is 0.186 e. The standard InChI is InChI=1S/C21H25N3O2S/c1-15-12-22(13-16(2)26-15)14-23-19-6-4-5-7-20(19)24(21(23)27)17-8-10-18(25-3)11-9-17/h4-11,15-16H,12-14H2,1-3H3/t15-,16-/m0/s1. The molecule has 6 heteroatoms. The largest absolute Gasteiger partial charge is 0.497 e. The van der Waals surface area contributed by atoms with Crippen LogP contribution in [0.2, 0.25) is 0 Å². The van der Waals surface area contributed by atoms with Gasteiger partial charge in [-0.2, -0.15) is 0 Å². The van der Waals surface area contributed by atoms with Gasteiger partial charge in [0.25, 0.3) is 0 Å². The fourth-order valence-electron chi connectivity index (χ4n) is 3.93. The fourth-order valence-corrected chi connectivity index (χ4v) is 4.29. The Kier molecular flexibility index (Phi) is 5.04. The van der Waals surface area contributed by atoms with Gasteiger partial charge in [0.15, 0.2) is 4.77 Å². The number of para-hydroxylation sites is 2. The molecule has 1 aliphatic rings. The number of nitrogens with zero attached hydrogens (tertiary/aromatic N) is 3. The van der Waals surface area contributed by atoms with Gasteiger partial charge in [-0.1, -0.05) is 12.1 Å². The van der Waals surface area contributed by atoms with Crippen molar-refractivity contribution < 1.29 is 9.47 Å². The zero-order valence-electron chi connectivity index (χ0n) is 16.0. The number of morpholine rings is 1. The molecule has 0 spiro atoms. The molecule has 142 valence electrons. The van der Waals surface area contributed by atoms with E-state index in [9.17, 15) is 0 Å². The molecule has 0 radical (unpaired) electrons. The summed E-state index contributed by atoms with van der Waals surface area (Å²) >= 11 is 5.90. The van der Waals surface area contributed by atoms with Crippen LogP contribution in [0.15, 0.2) is 48.5 Å². The van der Waals surface area contributed by atoms with Crippen LogP contribution in [0.4, 0.5) is 0 Å². The monoisotopic (exact) mass is 383 g/mol. The van der Waals surface area contributed by atoms with Crippen LogP contribution in [0.1, 0.15) is 13.8 Å². The number of aromatic nitrogens is 2. The summed E-state index contributed by atoms with van der Waals surface area (Å²) in [4.78, 5) is 2.42. The lowest BCUT2D eigenvalue weighted by molar-refractivity contribution is -0.0763. The molecule has 0 N–H and O–H groups in total. The third-order valence-electron chi connectivity index (χ3n) is 5.00. The van der Waals surface area contributed by atoms with Gasteiger partial charge in [0.05, 0.1) is 37.0 Å². The first-order valence-corrected chi connectivity index (χ1v) is 9.70. The van der Waals surface area contributed by atoms with E-state index in [1.807, 2.05) is 24.3 Å². The number of rotatable bonds is 4. The average molecular weight is 384 g/mol. The zero-order chi connectivity index (χ0) is 19.0. The van der Waals surface area contributed by atoms with Gasteiger partial charge in [-0.3, -0.25) is 9.47 Å². The fraction of sp³-hybridized carbons (Fsp3) is 0.381. The molecule has 1 aliphatic heterocycles. The first-order chi connectivity index (χ1) is 13.1. The Labute approximate surface area is 164 Å². The Morgan fingerprint density at radius 1 is 1.00 bits per heavy atom. The molecule has 27 heavy (non-hydrogen) atoms. The lowest BCUT2D eigenvalue weighted by atomic mass is 10.2. The molecule has 0 aliphatic carbocycles. The molecule has 3 aromatic rings. The molecule has 1 aromatic heterocycles. The Morgan fingerprint density at radius 2 is 1.63 bits per heavy atom. The van der Waals surface area contributed by atoms with E-state index < -0.39 is 0 Å². The van der Waals surface area contributed by atoms with Crippen molar-refractivity contribution in [2.45, 2.75) is 32.7 Å². The molecule has 2 aromatic carbocycles. The van der Waals surface area contributed by atoms with E-state index in [0.717, 1.165) is 47.0 Å². The normalized spacial score (nSPS) is 20.9. The molecule has 2 heterocycles. The summed E-state index contributed by atoms with van der Waals surface area (Å²) < 4.78 is 16.3. The summed E-state index contributed by atoms with van der Waals surface area (Å²) in [6.45, 7) is 6.84. The molecule has 0 bridgehead atoms. The first-order valence-electron chi connectivity index (χ1n) is 9.29. The molecule has 5 nitrogen and oxygen atoms in total. The van der Waals surface area contributed by atoms with Crippen LogP contribution >= 0.6 is 12.2 Å². The van der Waals surface area contributed by atoms with Crippen molar-refractivity contribution in [3.05, 3.63) is 53.3 Å². The molecule has 4 rings (SSSR count). The van der Waals surface area contributed by atoms with E-state index in [-0.39, 0.29) is 12.2 Å². The third kappa shape index (κ3) is 3.52. The van der Waals surface area contributed by atoms with E-state index in [1.54, 1.807) is 7.11 Å². The van der Waals surface area contributed by atoms with E-state index >= 15 is 0 Å². The van der Waals surface area contributed by atoms with Crippen molar-refractivity contribution in [3.8, 4) is 11.4 Å². The lowest BCUT2D eigenvalue weighted by Gasteiger charge is -2.35. The Hall–Kier alpha value is -2.15. The molecule has 0 saturated carbocycles. The summed E-state index contributed by atoms with van der Waals surface area (Å²) in [7, 11) is 1.68. The van der Waals surface area contributed by atoms with Gasteiger partial charge in [-0.25, -0.2) is 0 Å².